The largest absolute Gasteiger partial charge is 0.497 e. The van der Waals surface area contributed by atoms with E-state index in [1.165, 1.54) is 11.3 Å². The average molecular weight is 593 g/mol. The summed E-state index contributed by atoms with van der Waals surface area (Å²) in [6, 6.07) is 19.4. The van der Waals surface area contributed by atoms with E-state index in [2.05, 4.69) is 52.8 Å². The minimum absolute atomic E-state index is 0.231. The number of likely N-dealkylation sites (N-methyl/N-ethyl adjacent to an activating group) is 1. The topological polar surface area (TPSA) is 103 Å². The van der Waals surface area contributed by atoms with Crippen molar-refractivity contribution in [1.82, 2.24) is 29.2 Å². The first-order valence-electron chi connectivity index (χ1n) is 14.6. The van der Waals surface area contributed by atoms with Crippen molar-refractivity contribution >= 4 is 28.4 Å². The molecule has 0 spiro atoms. The Labute approximate surface area is 256 Å². The molecule has 0 radical (unpaired) electrons. The van der Waals surface area contributed by atoms with Crippen LogP contribution in [-0.4, -0.2) is 69.6 Å². The van der Waals surface area contributed by atoms with Crippen LogP contribution in [-0.2, 0) is 13.2 Å². The number of piperazine rings is 1. The van der Waals surface area contributed by atoms with Gasteiger partial charge in [0.2, 0.25) is 11.8 Å². The molecule has 0 unspecified atom stereocenters. The number of methoxy groups -OCH3 is 1. The Balaban J connectivity index is 1.29. The van der Waals surface area contributed by atoms with Crippen LogP contribution in [0, 0.1) is 6.92 Å². The molecule has 6 rings (SSSR count). The molecular formula is C33H36N8O3. The number of rotatable bonds is 10. The van der Waals surface area contributed by atoms with E-state index < -0.39 is 0 Å². The smallest absolute Gasteiger partial charge is 0.278 e. The summed E-state index contributed by atoms with van der Waals surface area (Å²) in [7, 11) is 3.79. The molecule has 1 aliphatic rings. The summed E-state index contributed by atoms with van der Waals surface area (Å²) >= 11 is 0. The normalized spacial score (nSPS) is 13.7. The monoisotopic (exact) mass is 592 g/mol. The van der Waals surface area contributed by atoms with Crippen LogP contribution in [0.2, 0.25) is 0 Å². The molecular weight excluding hydrogens is 556 g/mol. The van der Waals surface area contributed by atoms with E-state index in [9.17, 15) is 4.79 Å². The molecule has 1 aliphatic heterocycles. The summed E-state index contributed by atoms with van der Waals surface area (Å²) in [5, 5.41) is 3.70. The number of allylic oxidation sites excluding steroid dienone is 1. The third-order valence-electron chi connectivity index (χ3n) is 7.75. The second-order valence-corrected chi connectivity index (χ2v) is 10.8. The highest BCUT2D eigenvalue weighted by Crippen LogP contribution is 2.26. The van der Waals surface area contributed by atoms with Gasteiger partial charge in [0.15, 0.2) is 11.5 Å². The molecule has 0 atom stereocenters. The van der Waals surface area contributed by atoms with Crippen molar-refractivity contribution in [3.05, 3.63) is 101 Å². The Morgan fingerprint density at radius 2 is 1.82 bits per heavy atom. The highest BCUT2D eigenvalue weighted by atomic mass is 16.5. The number of benzene rings is 2. The SMILES string of the molecule is C=CCn1c(=O)c2cnc(Nc3ccc(N4CCN(C)CC4)c(C)c3)nc2n1-c1cccc(OCc2ccc(OC)cc2)n1. The lowest BCUT2D eigenvalue weighted by Gasteiger charge is -2.35. The average Bonchev–Trinajstić information content (AvgIpc) is 3.31. The van der Waals surface area contributed by atoms with Gasteiger partial charge in [-0.3, -0.25) is 4.79 Å². The standard InChI is InChI=1S/C33H36N8O3/c1-5-15-40-32(42)27-21-34-33(35-25-11-14-28(23(2)20-25)39-18-16-38(3)17-19-39)37-31(27)41(40)29-7-6-8-30(36-29)44-22-24-9-12-26(43-4)13-10-24/h5-14,20-21H,1,15-19,22H2,2-4H3,(H,34,35,37). The van der Waals surface area contributed by atoms with Crippen molar-refractivity contribution in [2.45, 2.75) is 20.1 Å². The van der Waals surface area contributed by atoms with Gasteiger partial charge >= 0.3 is 0 Å². The number of aryl methyl sites for hydroxylation is 1. The summed E-state index contributed by atoms with van der Waals surface area (Å²) in [5.41, 5.74) is 4.44. The van der Waals surface area contributed by atoms with E-state index in [1.54, 1.807) is 34.8 Å². The highest BCUT2D eigenvalue weighted by molar-refractivity contribution is 5.77. The second-order valence-electron chi connectivity index (χ2n) is 10.8. The molecule has 226 valence electrons. The van der Waals surface area contributed by atoms with Gasteiger partial charge in [0.1, 0.15) is 17.7 Å². The first kappa shape index (κ1) is 28.9. The van der Waals surface area contributed by atoms with Crippen LogP contribution in [0.15, 0.2) is 84.3 Å². The lowest BCUT2D eigenvalue weighted by Crippen LogP contribution is -2.44. The van der Waals surface area contributed by atoms with Crippen molar-refractivity contribution in [2.75, 3.05) is 50.6 Å². The van der Waals surface area contributed by atoms with Crippen LogP contribution in [0.4, 0.5) is 17.3 Å². The third kappa shape index (κ3) is 6.00. The van der Waals surface area contributed by atoms with E-state index in [1.807, 2.05) is 42.5 Å². The van der Waals surface area contributed by atoms with Crippen molar-refractivity contribution in [3.8, 4) is 17.4 Å². The molecule has 1 saturated heterocycles. The Kier molecular flexibility index (Phi) is 8.29. The zero-order chi connectivity index (χ0) is 30.6. The summed E-state index contributed by atoms with van der Waals surface area (Å²) in [4.78, 5) is 32.1. The van der Waals surface area contributed by atoms with Gasteiger partial charge in [0, 0.05) is 49.8 Å². The predicted octanol–water partition coefficient (Wildman–Crippen LogP) is 4.55. The highest BCUT2D eigenvalue weighted by Gasteiger charge is 2.19. The van der Waals surface area contributed by atoms with Crippen molar-refractivity contribution in [2.24, 2.45) is 0 Å². The Bertz CT molecular complexity index is 1840. The van der Waals surface area contributed by atoms with Crippen LogP contribution < -0.4 is 25.2 Å². The maximum atomic E-state index is 13.4. The zero-order valence-electron chi connectivity index (χ0n) is 25.2. The number of anilines is 3. The fraction of sp³-hybridized carbons (Fsp3) is 0.273. The number of hydrogen-bond donors (Lipinski definition) is 1. The summed E-state index contributed by atoms with van der Waals surface area (Å²) < 4.78 is 14.5. The lowest BCUT2D eigenvalue weighted by molar-refractivity contribution is 0.293. The van der Waals surface area contributed by atoms with Crippen LogP contribution in [0.25, 0.3) is 16.9 Å². The quantitative estimate of drug-likeness (QED) is 0.234. The maximum absolute atomic E-state index is 13.4. The van der Waals surface area contributed by atoms with Gasteiger partial charge in [-0.1, -0.05) is 24.3 Å². The van der Waals surface area contributed by atoms with E-state index in [0.29, 0.717) is 35.3 Å². The van der Waals surface area contributed by atoms with Gasteiger partial charge in [0.25, 0.3) is 5.56 Å². The molecule has 0 amide bonds. The van der Waals surface area contributed by atoms with E-state index in [-0.39, 0.29) is 12.1 Å². The van der Waals surface area contributed by atoms with Gasteiger partial charge in [-0.15, -0.1) is 6.58 Å². The Hall–Kier alpha value is -5.16. The fourth-order valence-corrected chi connectivity index (χ4v) is 5.35. The summed E-state index contributed by atoms with van der Waals surface area (Å²) in [6.45, 7) is 10.7. The number of hydrogen-bond acceptors (Lipinski definition) is 9. The van der Waals surface area contributed by atoms with Gasteiger partial charge in [-0.2, -0.15) is 9.97 Å². The van der Waals surface area contributed by atoms with Gasteiger partial charge < -0.3 is 24.6 Å². The minimum Gasteiger partial charge on any atom is -0.497 e. The number of aromatic nitrogens is 5. The summed E-state index contributed by atoms with van der Waals surface area (Å²) in [6.07, 6.45) is 3.22. The minimum atomic E-state index is -0.231. The maximum Gasteiger partial charge on any atom is 0.278 e. The van der Waals surface area contributed by atoms with Crippen molar-refractivity contribution in [1.29, 1.82) is 0 Å². The van der Waals surface area contributed by atoms with E-state index >= 15 is 0 Å². The molecule has 2 aromatic carbocycles. The summed E-state index contributed by atoms with van der Waals surface area (Å²) in [5.74, 6) is 2.06. The van der Waals surface area contributed by atoms with E-state index in [0.717, 1.165) is 43.2 Å². The predicted molar refractivity (Wildman–Crippen MR) is 173 cm³/mol. The molecule has 3 aromatic heterocycles. The second kappa shape index (κ2) is 12.6. The number of nitrogens with zero attached hydrogens (tertiary/aromatic N) is 7. The number of pyridine rings is 1. The van der Waals surface area contributed by atoms with Crippen molar-refractivity contribution < 1.29 is 9.47 Å². The van der Waals surface area contributed by atoms with E-state index in [4.69, 9.17) is 19.4 Å². The van der Waals surface area contributed by atoms with Crippen LogP contribution in [0.3, 0.4) is 0 Å². The molecule has 4 heterocycles. The molecule has 0 aliphatic carbocycles. The van der Waals surface area contributed by atoms with Crippen LogP contribution >= 0.6 is 0 Å². The molecule has 0 saturated carbocycles. The van der Waals surface area contributed by atoms with Gasteiger partial charge in [0.05, 0.1) is 13.7 Å². The van der Waals surface area contributed by atoms with Crippen LogP contribution in [0.5, 0.6) is 11.6 Å². The molecule has 0 bridgehead atoms. The first-order valence-corrected chi connectivity index (χ1v) is 14.6. The molecule has 1 fully saturated rings. The Morgan fingerprint density at radius 1 is 1.02 bits per heavy atom. The number of ether oxygens (including phenoxy) is 2. The molecule has 11 nitrogen and oxygen atoms in total. The molecule has 11 heteroatoms. The molecule has 5 aromatic rings. The molecule has 1 N–H and O–H groups in total. The van der Waals surface area contributed by atoms with Crippen molar-refractivity contribution in [3.63, 3.8) is 0 Å². The zero-order valence-corrected chi connectivity index (χ0v) is 25.2. The lowest BCUT2D eigenvalue weighted by atomic mass is 10.1. The number of nitrogens with one attached hydrogen (secondary N) is 1. The fourth-order valence-electron chi connectivity index (χ4n) is 5.35. The first-order chi connectivity index (χ1) is 21.4. The van der Waals surface area contributed by atoms with Crippen LogP contribution in [0.1, 0.15) is 11.1 Å². The Morgan fingerprint density at radius 3 is 2.55 bits per heavy atom. The number of fused-ring (bicyclic) bond motifs is 1. The van der Waals surface area contributed by atoms with Gasteiger partial charge in [-0.25, -0.2) is 14.3 Å². The third-order valence-corrected chi connectivity index (χ3v) is 7.75. The molecule has 44 heavy (non-hydrogen) atoms. The van der Waals surface area contributed by atoms with Gasteiger partial charge in [-0.05, 0) is 61.5 Å².